The molecule has 1 aliphatic rings. The van der Waals surface area contributed by atoms with E-state index in [0.29, 0.717) is 22.4 Å². The highest BCUT2D eigenvalue weighted by atomic mass is 35.5. The molecule has 1 N–H and O–H groups in total. The van der Waals surface area contributed by atoms with Crippen LogP contribution in [0.3, 0.4) is 0 Å². The highest BCUT2D eigenvalue weighted by Crippen LogP contribution is 2.27. The molecule has 16 heavy (non-hydrogen) atoms. The number of hydrogen-bond acceptors (Lipinski definition) is 3. The van der Waals surface area contributed by atoms with Crippen LogP contribution in [-0.2, 0) is 0 Å². The molecule has 0 saturated carbocycles. The first-order valence-corrected chi connectivity index (χ1v) is 5.86. The van der Waals surface area contributed by atoms with Gasteiger partial charge in [-0.25, -0.2) is 0 Å². The maximum absolute atomic E-state index is 5.97. The lowest BCUT2D eigenvalue weighted by Gasteiger charge is -2.08. The number of nitrogens with one attached hydrogen (secondary N) is 1. The van der Waals surface area contributed by atoms with Gasteiger partial charge in [-0.15, -0.1) is 0 Å². The van der Waals surface area contributed by atoms with Crippen LogP contribution in [-0.4, -0.2) is 25.5 Å². The van der Waals surface area contributed by atoms with Gasteiger partial charge in [0.2, 0.25) is 0 Å². The average Bonchev–Trinajstić information content (AvgIpc) is 2.74. The van der Waals surface area contributed by atoms with E-state index in [-0.39, 0.29) is 0 Å². The number of ether oxygens (including phenoxy) is 1. The van der Waals surface area contributed by atoms with Crippen molar-refractivity contribution in [2.45, 2.75) is 6.42 Å². The normalized spacial score (nSPS) is 14.5. The van der Waals surface area contributed by atoms with Gasteiger partial charge in [0.1, 0.15) is 5.75 Å². The van der Waals surface area contributed by atoms with Crippen molar-refractivity contribution in [3.63, 3.8) is 0 Å². The van der Waals surface area contributed by atoms with Crippen molar-refractivity contribution in [3.8, 4) is 5.75 Å². The van der Waals surface area contributed by atoms with Gasteiger partial charge in [0.05, 0.1) is 24.0 Å². The standard InChI is InChI=1S/C11H12Cl2N2O/c12-8-1-2-10(9(13)7-8)16-6-3-11-14-4-5-15-11/h1-2,7H,3-6H2,(H,14,15). The minimum absolute atomic E-state index is 0.536. The van der Waals surface area contributed by atoms with Crippen molar-refractivity contribution in [3.05, 3.63) is 28.2 Å². The molecule has 0 aliphatic carbocycles. The highest BCUT2D eigenvalue weighted by molar-refractivity contribution is 6.35. The molecular weight excluding hydrogens is 247 g/mol. The third-order valence-corrected chi connectivity index (χ3v) is 2.76. The third-order valence-electron chi connectivity index (χ3n) is 2.23. The fourth-order valence-corrected chi connectivity index (χ4v) is 1.93. The van der Waals surface area contributed by atoms with E-state index in [2.05, 4.69) is 10.3 Å². The van der Waals surface area contributed by atoms with Gasteiger partial charge >= 0.3 is 0 Å². The predicted octanol–water partition coefficient (Wildman–Crippen LogP) is 2.76. The number of nitrogens with zero attached hydrogens (tertiary/aromatic N) is 1. The Labute approximate surface area is 104 Å². The van der Waals surface area contributed by atoms with Crippen LogP contribution in [0, 0.1) is 0 Å². The summed E-state index contributed by atoms with van der Waals surface area (Å²) in [4.78, 5) is 4.27. The second kappa shape index (κ2) is 5.41. The van der Waals surface area contributed by atoms with Crippen LogP contribution >= 0.6 is 23.2 Å². The number of rotatable bonds is 4. The molecule has 0 unspecified atom stereocenters. The fourth-order valence-electron chi connectivity index (χ4n) is 1.46. The summed E-state index contributed by atoms with van der Waals surface area (Å²) in [5.41, 5.74) is 0. The molecule has 0 aromatic heterocycles. The Morgan fingerprint density at radius 2 is 2.25 bits per heavy atom. The lowest BCUT2D eigenvalue weighted by atomic mass is 10.3. The van der Waals surface area contributed by atoms with Gasteiger partial charge in [-0.3, -0.25) is 4.99 Å². The van der Waals surface area contributed by atoms with Crippen LogP contribution in [0.5, 0.6) is 5.75 Å². The van der Waals surface area contributed by atoms with Crippen molar-refractivity contribution < 1.29 is 4.74 Å². The summed E-state index contributed by atoms with van der Waals surface area (Å²) in [6, 6.07) is 5.20. The Hall–Kier alpha value is -0.930. The molecule has 1 aromatic carbocycles. The van der Waals surface area contributed by atoms with Gasteiger partial charge in [-0.1, -0.05) is 23.2 Å². The minimum atomic E-state index is 0.536. The Balaban J connectivity index is 1.84. The molecule has 3 nitrogen and oxygen atoms in total. The molecule has 0 bridgehead atoms. The molecule has 0 saturated heterocycles. The number of halogens is 2. The SMILES string of the molecule is Clc1ccc(OCCC2=NCCN2)c(Cl)c1. The van der Waals surface area contributed by atoms with Crippen molar-refractivity contribution in [2.24, 2.45) is 4.99 Å². The smallest absolute Gasteiger partial charge is 0.138 e. The maximum Gasteiger partial charge on any atom is 0.138 e. The number of amidine groups is 1. The topological polar surface area (TPSA) is 33.6 Å². The fraction of sp³-hybridized carbons (Fsp3) is 0.364. The lowest BCUT2D eigenvalue weighted by Crippen LogP contribution is -2.20. The van der Waals surface area contributed by atoms with E-state index in [1.165, 1.54) is 0 Å². The minimum Gasteiger partial charge on any atom is -0.492 e. The largest absolute Gasteiger partial charge is 0.492 e. The molecule has 1 aliphatic heterocycles. The van der Waals surface area contributed by atoms with Crippen LogP contribution in [0.15, 0.2) is 23.2 Å². The van der Waals surface area contributed by atoms with E-state index in [9.17, 15) is 0 Å². The van der Waals surface area contributed by atoms with Gasteiger partial charge in [-0.05, 0) is 18.2 Å². The summed E-state index contributed by atoms with van der Waals surface area (Å²) in [6.45, 7) is 2.35. The number of aliphatic imine (C=N–C) groups is 1. The zero-order chi connectivity index (χ0) is 11.4. The van der Waals surface area contributed by atoms with E-state index < -0.39 is 0 Å². The second-order valence-electron chi connectivity index (χ2n) is 3.43. The first kappa shape index (κ1) is 11.6. The van der Waals surface area contributed by atoms with Crippen molar-refractivity contribution in [2.75, 3.05) is 19.7 Å². The van der Waals surface area contributed by atoms with E-state index >= 15 is 0 Å². The summed E-state index contributed by atoms with van der Waals surface area (Å²) in [5.74, 6) is 1.66. The summed E-state index contributed by atoms with van der Waals surface area (Å²) < 4.78 is 5.54. The summed E-state index contributed by atoms with van der Waals surface area (Å²) in [5, 5.41) is 4.33. The van der Waals surface area contributed by atoms with Crippen molar-refractivity contribution in [1.29, 1.82) is 0 Å². The van der Waals surface area contributed by atoms with Gasteiger partial charge in [0.25, 0.3) is 0 Å². The second-order valence-corrected chi connectivity index (χ2v) is 4.27. The third kappa shape index (κ3) is 3.03. The zero-order valence-corrected chi connectivity index (χ0v) is 10.2. The molecule has 1 heterocycles. The van der Waals surface area contributed by atoms with Crippen LogP contribution < -0.4 is 10.1 Å². The van der Waals surface area contributed by atoms with Crippen LogP contribution in [0.2, 0.25) is 10.0 Å². The molecule has 0 amide bonds. The van der Waals surface area contributed by atoms with Crippen LogP contribution in [0.1, 0.15) is 6.42 Å². The lowest BCUT2D eigenvalue weighted by molar-refractivity contribution is 0.328. The first-order valence-electron chi connectivity index (χ1n) is 5.11. The first-order chi connectivity index (χ1) is 7.75. The highest BCUT2D eigenvalue weighted by Gasteiger charge is 2.06. The van der Waals surface area contributed by atoms with Crippen LogP contribution in [0.4, 0.5) is 0 Å². The molecule has 1 aromatic rings. The van der Waals surface area contributed by atoms with E-state index in [1.54, 1.807) is 18.2 Å². The Kier molecular flexibility index (Phi) is 3.91. The molecule has 86 valence electrons. The van der Waals surface area contributed by atoms with E-state index in [1.807, 2.05) is 0 Å². The predicted molar refractivity (Wildman–Crippen MR) is 66.9 cm³/mol. The van der Waals surface area contributed by atoms with E-state index in [0.717, 1.165) is 25.3 Å². The zero-order valence-electron chi connectivity index (χ0n) is 8.67. The number of hydrogen-bond donors (Lipinski definition) is 1. The Morgan fingerprint density at radius 3 is 2.94 bits per heavy atom. The summed E-state index contributed by atoms with van der Waals surface area (Å²) in [6.07, 6.45) is 0.777. The van der Waals surface area contributed by atoms with Crippen molar-refractivity contribution in [1.82, 2.24) is 5.32 Å². The van der Waals surface area contributed by atoms with Gasteiger partial charge in [-0.2, -0.15) is 0 Å². The van der Waals surface area contributed by atoms with Gasteiger partial charge < -0.3 is 10.1 Å². The Morgan fingerprint density at radius 1 is 1.38 bits per heavy atom. The van der Waals surface area contributed by atoms with Crippen LogP contribution in [0.25, 0.3) is 0 Å². The molecule has 0 spiro atoms. The maximum atomic E-state index is 5.97. The monoisotopic (exact) mass is 258 g/mol. The number of benzene rings is 1. The molecule has 2 rings (SSSR count). The van der Waals surface area contributed by atoms with E-state index in [4.69, 9.17) is 27.9 Å². The average molecular weight is 259 g/mol. The molecule has 0 atom stereocenters. The quantitative estimate of drug-likeness (QED) is 0.902. The molecule has 5 heteroatoms. The summed E-state index contributed by atoms with van der Waals surface area (Å²) in [7, 11) is 0. The van der Waals surface area contributed by atoms with Crippen molar-refractivity contribution >= 4 is 29.0 Å². The van der Waals surface area contributed by atoms with Gasteiger partial charge in [0.15, 0.2) is 0 Å². The molecule has 0 fully saturated rings. The molecular formula is C11H12Cl2N2O. The molecule has 0 radical (unpaired) electrons. The van der Waals surface area contributed by atoms with Gasteiger partial charge in [0, 0.05) is 18.0 Å². The Bertz CT molecular complexity index is 407. The summed E-state index contributed by atoms with van der Waals surface area (Å²) >= 11 is 11.8.